The lowest BCUT2D eigenvalue weighted by Crippen LogP contribution is -2.05. The first-order valence-corrected chi connectivity index (χ1v) is 19.0. The first-order chi connectivity index (χ1) is 29.1. The summed E-state index contributed by atoms with van der Waals surface area (Å²) >= 11 is 0. The number of nitriles is 2. The van der Waals surface area contributed by atoms with Crippen LogP contribution in [0.1, 0.15) is 11.1 Å². The summed E-state index contributed by atoms with van der Waals surface area (Å²) in [5.41, 5.74) is 9.98. The van der Waals surface area contributed by atoms with Gasteiger partial charge >= 0.3 is 0 Å². The second kappa shape index (κ2) is 14.8. The summed E-state index contributed by atoms with van der Waals surface area (Å²) in [7, 11) is 0. The zero-order valence-corrected chi connectivity index (χ0v) is 31.4. The Labute approximate surface area is 339 Å². The highest BCUT2D eigenvalue weighted by Crippen LogP contribution is 2.39. The predicted molar refractivity (Wildman–Crippen MR) is 232 cm³/mol. The third kappa shape index (κ3) is 6.53. The van der Waals surface area contributed by atoms with Gasteiger partial charge in [-0.2, -0.15) is 10.5 Å². The second-order valence-electron chi connectivity index (χ2n) is 14.0. The molecule has 10 aromatic rings. The molecule has 0 radical (unpaired) electrons. The van der Waals surface area contributed by atoms with Crippen LogP contribution < -0.4 is 0 Å². The summed E-state index contributed by atoms with van der Waals surface area (Å²) in [6.07, 6.45) is 0. The molecule has 0 aliphatic heterocycles. The van der Waals surface area contributed by atoms with E-state index >= 15 is 0 Å². The molecule has 0 saturated carbocycles. The zero-order chi connectivity index (χ0) is 39.7. The van der Waals surface area contributed by atoms with Gasteiger partial charge in [0.2, 0.25) is 0 Å². The molecule has 3 aromatic heterocycles. The molecule has 8 nitrogen and oxygen atoms in total. The molecule has 0 aliphatic rings. The average Bonchev–Trinajstić information content (AvgIpc) is 3.64. The first-order valence-electron chi connectivity index (χ1n) is 19.0. The van der Waals surface area contributed by atoms with E-state index in [1.807, 2.05) is 182 Å². The molecule has 0 saturated heterocycles. The molecule has 0 bridgehead atoms. The highest BCUT2D eigenvalue weighted by Gasteiger charge is 2.22. The maximum atomic E-state index is 10.1. The van der Waals surface area contributed by atoms with E-state index < -0.39 is 0 Å². The van der Waals surface area contributed by atoms with Crippen LogP contribution in [0.4, 0.5) is 0 Å². The molecule has 10 rings (SSSR count). The molecular formula is C51H30N8. The van der Waals surface area contributed by atoms with Crippen molar-refractivity contribution in [2.45, 2.75) is 0 Å². The number of hydrogen-bond acceptors (Lipinski definition) is 7. The lowest BCUT2D eigenvalue weighted by Gasteiger charge is -2.16. The number of rotatable bonds is 7. The zero-order valence-electron chi connectivity index (χ0n) is 31.4. The van der Waals surface area contributed by atoms with Crippen molar-refractivity contribution in [3.05, 3.63) is 193 Å². The highest BCUT2D eigenvalue weighted by atomic mass is 15.1. The topological polar surface area (TPSA) is 117 Å². The maximum absolute atomic E-state index is 10.1. The van der Waals surface area contributed by atoms with Crippen LogP contribution in [-0.2, 0) is 0 Å². The van der Waals surface area contributed by atoms with E-state index in [4.69, 9.17) is 24.9 Å². The van der Waals surface area contributed by atoms with Crippen molar-refractivity contribution in [1.29, 1.82) is 10.5 Å². The molecule has 0 N–H and O–H groups in total. The fourth-order valence-electron chi connectivity index (χ4n) is 7.49. The summed E-state index contributed by atoms with van der Waals surface area (Å²) in [5, 5.41) is 22.0. The first kappa shape index (κ1) is 34.9. The van der Waals surface area contributed by atoms with Crippen LogP contribution in [-0.4, -0.2) is 29.5 Å². The minimum Gasteiger partial charge on any atom is -0.308 e. The van der Waals surface area contributed by atoms with Crippen LogP contribution in [0.15, 0.2) is 182 Å². The Hall–Kier alpha value is -8.59. The lowest BCUT2D eigenvalue weighted by molar-refractivity contribution is 1.06. The molecule has 0 amide bonds. The SMILES string of the molecule is N#Cc1ccc2c3ccc(C#N)cc3n(-c3ccc(-c4nc(-c5ccccc5)cc(-c5ccccc5)n4)cc3-c3nc(-c4ccccc4)nc(-c4ccccc4)n3)c2c1. The minimum atomic E-state index is 0.430. The van der Waals surface area contributed by atoms with Gasteiger partial charge in [0.25, 0.3) is 0 Å². The van der Waals surface area contributed by atoms with Crippen LogP contribution in [0.5, 0.6) is 0 Å². The third-order valence-corrected chi connectivity index (χ3v) is 10.3. The van der Waals surface area contributed by atoms with Crippen molar-refractivity contribution in [3.8, 4) is 85.9 Å². The molecule has 274 valence electrons. The number of fused-ring (bicyclic) bond motifs is 3. The Morgan fingerprint density at radius 2 is 0.780 bits per heavy atom. The monoisotopic (exact) mass is 754 g/mol. The maximum Gasteiger partial charge on any atom is 0.166 e. The van der Waals surface area contributed by atoms with Crippen LogP contribution in [0.2, 0.25) is 0 Å². The Morgan fingerprint density at radius 1 is 0.356 bits per heavy atom. The van der Waals surface area contributed by atoms with Gasteiger partial charge < -0.3 is 4.57 Å². The molecule has 59 heavy (non-hydrogen) atoms. The molecule has 3 heterocycles. The molecule has 7 aromatic carbocycles. The molecule has 0 unspecified atom stereocenters. The standard InChI is InChI=1S/C51H30N8/c52-31-33-21-24-40-41-25-22-34(32-53)28-47(41)59(46(40)27-33)45-26-23-39(50-54-43(35-13-5-1-6-14-35)30-44(55-50)36-15-7-2-8-16-36)29-42(45)51-57-48(37-17-9-3-10-18-37)56-49(58-51)38-19-11-4-12-20-38/h1-30H. The van der Waals surface area contributed by atoms with Crippen molar-refractivity contribution < 1.29 is 0 Å². The van der Waals surface area contributed by atoms with Crippen molar-refractivity contribution >= 4 is 21.8 Å². The van der Waals surface area contributed by atoms with Gasteiger partial charge in [0.05, 0.1) is 51.4 Å². The van der Waals surface area contributed by atoms with Gasteiger partial charge in [0.15, 0.2) is 23.3 Å². The van der Waals surface area contributed by atoms with E-state index in [0.29, 0.717) is 40.0 Å². The van der Waals surface area contributed by atoms with Crippen LogP contribution in [0.3, 0.4) is 0 Å². The number of benzene rings is 7. The van der Waals surface area contributed by atoms with Crippen LogP contribution in [0.25, 0.3) is 95.6 Å². The number of nitrogens with zero attached hydrogens (tertiary/aromatic N) is 8. The van der Waals surface area contributed by atoms with E-state index in [9.17, 15) is 10.5 Å². The van der Waals surface area contributed by atoms with E-state index in [1.54, 1.807) is 0 Å². The lowest BCUT2D eigenvalue weighted by atomic mass is 10.0. The van der Waals surface area contributed by atoms with Crippen LogP contribution >= 0.6 is 0 Å². The molecule has 0 atom stereocenters. The summed E-state index contributed by atoms with van der Waals surface area (Å²) in [4.78, 5) is 25.7. The summed E-state index contributed by atoms with van der Waals surface area (Å²) in [5.74, 6) is 1.99. The fourth-order valence-corrected chi connectivity index (χ4v) is 7.49. The van der Waals surface area contributed by atoms with Crippen molar-refractivity contribution in [2.75, 3.05) is 0 Å². The largest absolute Gasteiger partial charge is 0.308 e. The van der Waals surface area contributed by atoms with Gasteiger partial charge in [-0.25, -0.2) is 24.9 Å². The number of hydrogen-bond donors (Lipinski definition) is 0. The Balaban J connectivity index is 1.30. The number of aromatic nitrogens is 6. The van der Waals surface area contributed by atoms with Crippen LogP contribution in [0, 0.1) is 22.7 Å². The summed E-state index contributed by atoms with van der Waals surface area (Å²) in [6.45, 7) is 0. The third-order valence-electron chi connectivity index (χ3n) is 10.3. The molecular weight excluding hydrogens is 725 g/mol. The van der Waals surface area contributed by atoms with E-state index in [1.165, 1.54) is 0 Å². The smallest absolute Gasteiger partial charge is 0.166 e. The predicted octanol–water partition coefficient (Wildman–Crippen LogP) is 11.5. The van der Waals surface area contributed by atoms with Gasteiger partial charge in [-0.15, -0.1) is 0 Å². The Kier molecular flexibility index (Phi) is 8.76. The van der Waals surface area contributed by atoms with Crippen molar-refractivity contribution in [1.82, 2.24) is 29.5 Å². The second-order valence-corrected chi connectivity index (χ2v) is 14.0. The molecule has 0 fully saturated rings. The normalized spacial score (nSPS) is 11.0. The van der Waals surface area contributed by atoms with E-state index in [-0.39, 0.29) is 0 Å². The van der Waals surface area contributed by atoms with Gasteiger partial charge in [-0.05, 0) is 48.5 Å². The van der Waals surface area contributed by atoms with Crippen molar-refractivity contribution in [3.63, 3.8) is 0 Å². The Bertz CT molecular complexity index is 3090. The molecule has 8 heteroatoms. The quantitative estimate of drug-likeness (QED) is 0.159. The summed E-state index contributed by atoms with van der Waals surface area (Å²) in [6, 6.07) is 64.0. The average molecular weight is 755 g/mol. The van der Waals surface area contributed by atoms with E-state index in [0.717, 1.165) is 66.7 Å². The Morgan fingerprint density at radius 3 is 1.24 bits per heavy atom. The highest BCUT2D eigenvalue weighted by molar-refractivity contribution is 6.10. The van der Waals surface area contributed by atoms with Gasteiger partial charge in [0, 0.05) is 44.2 Å². The molecule has 0 aliphatic carbocycles. The van der Waals surface area contributed by atoms with Crippen molar-refractivity contribution in [2.24, 2.45) is 0 Å². The van der Waals surface area contributed by atoms with Gasteiger partial charge in [-0.1, -0.05) is 133 Å². The van der Waals surface area contributed by atoms with Gasteiger partial charge in [-0.3, -0.25) is 0 Å². The fraction of sp³-hybridized carbons (Fsp3) is 0. The van der Waals surface area contributed by atoms with E-state index in [2.05, 4.69) is 16.7 Å². The van der Waals surface area contributed by atoms with Gasteiger partial charge in [0.1, 0.15) is 0 Å². The minimum absolute atomic E-state index is 0.430. The molecule has 0 spiro atoms. The summed E-state index contributed by atoms with van der Waals surface area (Å²) < 4.78 is 2.09.